The Morgan fingerprint density at radius 1 is 1.26 bits per heavy atom. The van der Waals surface area contributed by atoms with Crippen molar-refractivity contribution in [1.29, 1.82) is 0 Å². The second-order valence-electron chi connectivity index (χ2n) is 10.8. The van der Waals surface area contributed by atoms with Gasteiger partial charge in [0.15, 0.2) is 5.58 Å². The van der Waals surface area contributed by atoms with Crippen LogP contribution in [0.4, 0.5) is 0 Å². The van der Waals surface area contributed by atoms with Gasteiger partial charge in [-0.25, -0.2) is 0 Å². The lowest BCUT2D eigenvalue weighted by atomic mass is 9.79. The average molecular weight is 425 g/mol. The maximum absolute atomic E-state index is 13.9. The van der Waals surface area contributed by atoms with E-state index in [0.717, 1.165) is 17.4 Å². The third-order valence-electron chi connectivity index (χ3n) is 8.66. The molecule has 0 saturated heterocycles. The molecule has 2 amide bonds. The van der Waals surface area contributed by atoms with E-state index in [1.165, 1.54) is 25.7 Å². The Kier molecular flexibility index (Phi) is 4.14. The molecule has 4 fully saturated rings. The number of fused-ring (bicyclic) bond motifs is 3. The summed E-state index contributed by atoms with van der Waals surface area (Å²) in [6.07, 6.45) is 6.79. The maximum Gasteiger partial charge on any atom is 0.271 e. The first-order valence-electron chi connectivity index (χ1n) is 11.7. The minimum absolute atomic E-state index is 0.00315. The van der Waals surface area contributed by atoms with Crippen molar-refractivity contribution in [2.75, 3.05) is 27.2 Å². The SMILES string of the molecule is CN(C)CCN1C(=O)c2cc3occc3n2CC1(C)C(=O)NC1C2CC3CC(C2)C1C3. The van der Waals surface area contributed by atoms with Crippen LogP contribution in [0.3, 0.4) is 0 Å². The van der Waals surface area contributed by atoms with Gasteiger partial charge in [0.25, 0.3) is 5.91 Å². The molecule has 7 rings (SSSR count). The van der Waals surface area contributed by atoms with Gasteiger partial charge in [0, 0.05) is 31.3 Å². The van der Waals surface area contributed by atoms with Crippen molar-refractivity contribution in [1.82, 2.24) is 19.7 Å². The van der Waals surface area contributed by atoms with E-state index >= 15 is 0 Å². The second kappa shape index (κ2) is 6.61. The molecule has 2 aromatic rings. The van der Waals surface area contributed by atoms with Crippen molar-refractivity contribution >= 4 is 22.9 Å². The Balaban J connectivity index is 1.33. The van der Waals surface area contributed by atoms with Crippen LogP contribution in [-0.2, 0) is 11.3 Å². The number of hydrogen-bond acceptors (Lipinski definition) is 4. The van der Waals surface area contributed by atoms with Crippen molar-refractivity contribution in [2.24, 2.45) is 23.7 Å². The minimum Gasteiger partial charge on any atom is -0.463 e. The molecule has 6 atom stereocenters. The van der Waals surface area contributed by atoms with E-state index in [0.29, 0.717) is 42.7 Å². The number of nitrogens with one attached hydrogen (secondary N) is 1. The molecular weight excluding hydrogens is 392 g/mol. The summed E-state index contributed by atoms with van der Waals surface area (Å²) in [6, 6.07) is 3.97. The molecule has 0 aromatic carbocycles. The van der Waals surface area contributed by atoms with Crippen molar-refractivity contribution in [3.05, 3.63) is 24.1 Å². The molecule has 0 spiro atoms. The standard InChI is InChI=1S/C24H32N4O3/c1-24(23(30)25-21-16-9-14-8-15(11-16)17(21)10-14)13-27-18-4-7-31-20(18)12-19(27)22(29)28(24)6-5-26(2)3/h4,7,12,14-17,21H,5-6,8-11,13H2,1-3H3,(H,25,30). The zero-order chi connectivity index (χ0) is 21.5. The molecule has 0 radical (unpaired) electrons. The smallest absolute Gasteiger partial charge is 0.271 e. The van der Waals surface area contributed by atoms with Gasteiger partial charge in [0.2, 0.25) is 5.91 Å². The number of amides is 2. The molecule has 4 bridgehead atoms. The van der Waals surface area contributed by atoms with E-state index in [2.05, 4.69) is 10.2 Å². The summed E-state index contributed by atoms with van der Waals surface area (Å²) in [4.78, 5) is 31.3. The minimum atomic E-state index is -0.927. The summed E-state index contributed by atoms with van der Waals surface area (Å²) in [5.74, 6) is 2.83. The third kappa shape index (κ3) is 2.75. The topological polar surface area (TPSA) is 70.7 Å². The van der Waals surface area contributed by atoms with Gasteiger partial charge in [0.1, 0.15) is 11.2 Å². The summed E-state index contributed by atoms with van der Waals surface area (Å²) < 4.78 is 7.53. The predicted octanol–water partition coefficient (Wildman–Crippen LogP) is 2.56. The highest BCUT2D eigenvalue weighted by molar-refractivity contribution is 6.03. The summed E-state index contributed by atoms with van der Waals surface area (Å²) in [5, 5.41) is 3.47. The molecular formula is C24H32N4O3. The van der Waals surface area contributed by atoms with Crippen LogP contribution in [0.1, 0.15) is 43.1 Å². The zero-order valence-electron chi connectivity index (χ0n) is 18.6. The molecule has 7 nitrogen and oxygen atoms in total. The summed E-state index contributed by atoms with van der Waals surface area (Å²) >= 11 is 0. The van der Waals surface area contributed by atoms with Crippen LogP contribution in [0.15, 0.2) is 22.8 Å². The van der Waals surface area contributed by atoms with Gasteiger partial charge < -0.3 is 24.1 Å². The molecule has 4 saturated carbocycles. The van der Waals surface area contributed by atoms with Crippen molar-refractivity contribution in [3.8, 4) is 0 Å². The molecule has 5 aliphatic rings. The fraction of sp³-hybridized carbons (Fsp3) is 0.667. The normalized spacial score (nSPS) is 36.1. The van der Waals surface area contributed by atoms with E-state index in [4.69, 9.17) is 4.42 Å². The van der Waals surface area contributed by atoms with Gasteiger partial charge in [-0.1, -0.05) is 0 Å². The number of nitrogens with zero attached hydrogens (tertiary/aromatic N) is 3. The van der Waals surface area contributed by atoms with Crippen LogP contribution >= 0.6 is 0 Å². The molecule has 3 heterocycles. The van der Waals surface area contributed by atoms with Crippen LogP contribution in [-0.4, -0.2) is 64.9 Å². The quantitative estimate of drug-likeness (QED) is 0.801. The molecule has 2 aromatic heterocycles. The molecule has 1 N–H and O–H groups in total. The summed E-state index contributed by atoms with van der Waals surface area (Å²) in [7, 11) is 3.99. The Labute approximate surface area is 182 Å². The number of furan rings is 1. The number of carbonyl (C=O) groups is 2. The van der Waals surface area contributed by atoms with Crippen molar-refractivity contribution in [2.45, 2.75) is 50.7 Å². The van der Waals surface area contributed by atoms with E-state index in [9.17, 15) is 9.59 Å². The lowest BCUT2D eigenvalue weighted by Gasteiger charge is -2.45. The average Bonchev–Trinajstić information content (AvgIpc) is 3.43. The largest absolute Gasteiger partial charge is 0.463 e. The fourth-order valence-corrected chi connectivity index (χ4v) is 7.19. The molecule has 1 aliphatic heterocycles. The van der Waals surface area contributed by atoms with Gasteiger partial charge in [-0.3, -0.25) is 9.59 Å². The van der Waals surface area contributed by atoms with Gasteiger partial charge in [0.05, 0.1) is 18.3 Å². The van der Waals surface area contributed by atoms with Crippen LogP contribution in [0.5, 0.6) is 0 Å². The maximum atomic E-state index is 13.9. The van der Waals surface area contributed by atoms with E-state index < -0.39 is 5.54 Å². The molecule has 166 valence electrons. The zero-order valence-corrected chi connectivity index (χ0v) is 18.6. The van der Waals surface area contributed by atoms with E-state index in [1.807, 2.05) is 37.7 Å². The van der Waals surface area contributed by atoms with Crippen LogP contribution in [0.2, 0.25) is 0 Å². The lowest BCUT2D eigenvalue weighted by molar-refractivity contribution is -0.134. The van der Waals surface area contributed by atoms with Gasteiger partial charge in [-0.05, 0) is 70.4 Å². The highest BCUT2D eigenvalue weighted by Crippen LogP contribution is 2.58. The highest BCUT2D eigenvalue weighted by Gasteiger charge is 2.56. The second-order valence-corrected chi connectivity index (χ2v) is 10.8. The lowest BCUT2D eigenvalue weighted by Crippen LogP contribution is -2.66. The summed E-state index contributed by atoms with van der Waals surface area (Å²) in [5.41, 5.74) is 1.26. The van der Waals surface area contributed by atoms with Gasteiger partial charge >= 0.3 is 0 Å². The Hall–Kier alpha value is -2.28. The van der Waals surface area contributed by atoms with Crippen LogP contribution in [0.25, 0.3) is 11.1 Å². The monoisotopic (exact) mass is 424 g/mol. The van der Waals surface area contributed by atoms with Gasteiger partial charge in [-0.15, -0.1) is 0 Å². The summed E-state index contributed by atoms with van der Waals surface area (Å²) in [6.45, 7) is 3.62. The fourth-order valence-electron chi connectivity index (χ4n) is 7.19. The number of likely N-dealkylation sites (N-methyl/N-ethyl adjacent to an activating group) is 1. The first-order chi connectivity index (χ1) is 14.8. The van der Waals surface area contributed by atoms with Crippen molar-refractivity contribution in [3.63, 3.8) is 0 Å². The molecule has 6 unspecified atom stereocenters. The molecule has 4 aliphatic carbocycles. The first kappa shape index (κ1) is 19.4. The van der Waals surface area contributed by atoms with E-state index in [-0.39, 0.29) is 17.9 Å². The van der Waals surface area contributed by atoms with E-state index in [1.54, 1.807) is 11.2 Å². The predicted molar refractivity (Wildman–Crippen MR) is 117 cm³/mol. The third-order valence-corrected chi connectivity index (χ3v) is 8.66. The van der Waals surface area contributed by atoms with Crippen LogP contribution < -0.4 is 5.32 Å². The molecule has 31 heavy (non-hydrogen) atoms. The number of carbonyl (C=O) groups excluding carboxylic acids is 2. The number of hydrogen-bond donors (Lipinski definition) is 1. The number of rotatable bonds is 5. The Bertz CT molecular complexity index is 1050. The van der Waals surface area contributed by atoms with Crippen LogP contribution in [0, 0.1) is 23.7 Å². The first-order valence-corrected chi connectivity index (χ1v) is 11.7. The molecule has 7 heteroatoms. The number of aromatic nitrogens is 1. The van der Waals surface area contributed by atoms with Gasteiger partial charge in [-0.2, -0.15) is 0 Å². The highest BCUT2D eigenvalue weighted by atomic mass is 16.3. The Morgan fingerprint density at radius 3 is 2.84 bits per heavy atom. The Morgan fingerprint density at radius 2 is 2.06 bits per heavy atom. The van der Waals surface area contributed by atoms with Crippen molar-refractivity contribution < 1.29 is 14.0 Å².